The van der Waals surface area contributed by atoms with Gasteiger partial charge in [-0.3, -0.25) is 0 Å². The van der Waals surface area contributed by atoms with E-state index in [1.54, 1.807) is 11.1 Å². The highest BCUT2D eigenvalue weighted by atomic mass is 15.1. The molecule has 9 aromatic carbocycles. The minimum Gasteiger partial charge on any atom is -0.310 e. The Morgan fingerprint density at radius 2 is 0.951 bits per heavy atom. The smallest absolute Gasteiger partial charge is 0.0540 e. The molecule has 4 saturated carbocycles. The van der Waals surface area contributed by atoms with Gasteiger partial charge in [0.1, 0.15) is 0 Å². The quantitative estimate of drug-likeness (QED) is 0.152. The molecule has 0 heterocycles. The zero-order valence-electron chi connectivity index (χ0n) is 34.3. The van der Waals surface area contributed by atoms with E-state index >= 15 is 0 Å². The average Bonchev–Trinajstić information content (AvgIpc) is 3.61. The molecule has 1 spiro atoms. The fraction of sp³-hybridized carbons (Fsp3) is 0.167. The molecule has 0 N–H and O–H groups in total. The average molecular weight is 782 g/mol. The molecule has 1 heteroatoms. The molecule has 0 amide bonds. The van der Waals surface area contributed by atoms with Gasteiger partial charge in [0.15, 0.2) is 0 Å². The fourth-order valence-electron chi connectivity index (χ4n) is 13.2. The molecule has 292 valence electrons. The highest BCUT2D eigenvalue weighted by molar-refractivity contribution is 6.12. The largest absolute Gasteiger partial charge is 0.310 e. The predicted molar refractivity (Wildman–Crippen MR) is 256 cm³/mol. The lowest BCUT2D eigenvalue weighted by molar-refractivity contribution is -0.0399. The SMILES string of the molecule is c1ccc(-c2ccc(N(c3ccc(-c4cccc5c4ccc4ccccc45)cc3)c3ccc4c(c3)-c3ccccc3C43C4CC5CC(C4)CC3C5)c(-c3ccccc3)c2)cc1. The molecule has 0 radical (unpaired) electrons. The van der Waals surface area contributed by atoms with Gasteiger partial charge in [-0.2, -0.15) is 0 Å². The molecule has 0 unspecified atom stereocenters. The summed E-state index contributed by atoms with van der Waals surface area (Å²) in [6.45, 7) is 0. The van der Waals surface area contributed by atoms with Gasteiger partial charge in [0.2, 0.25) is 0 Å². The zero-order valence-corrected chi connectivity index (χ0v) is 34.3. The molecule has 4 fully saturated rings. The monoisotopic (exact) mass is 781 g/mol. The Morgan fingerprint density at radius 1 is 0.344 bits per heavy atom. The molecule has 4 bridgehead atoms. The first-order valence-corrected chi connectivity index (χ1v) is 22.5. The third-order valence-corrected chi connectivity index (χ3v) is 15.4. The summed E-state index contributed by atoms with van der Waals surface area (Å²) in [6, 6.07) is 75.3. The van der Waals surface area contributed by atoms with Crippen molar-refractivity contribution < 1.29 is 0 Å². The molecule has 1 nitrogen and oxygen atoms in total. The summed E-state index contributed by atoms with van der Waals surface area (Å²) in [4.78, 5) is 2.53. The third-order valence-electron chi connectivity index (χ3n) is 15.4. The number of anilines is 3. The second-order valence-electron chi connectivity index (χ2n) is 18.5. The predicted octanol–water partition coefficient (Wildman–Crippen LogP) is 16.2. The lowest BCUT2D eigenvalue weighted by Gasteiger charge is -2.61. The van der Waals surface area contributed by atoms with Crippen LogP contribution in [-0.4, -0.2) is 0 Å². The molecule has 0 saturated heterocycles. The van der Waals surface area contributed by atoms with Crippen molar-refractivity contribution in [2.75, 3.05) is 4.90 Å². The van der Waals surface area contributed by atoms with E-state index in [9.17, 15) is 0 Å². The van der Waals surface area contributed by atoms with Gasteiger partial charge < -0.3 is 4.90 Å². The first-order valence-electron chi connectivity index (χ1n) is 22.5. The van der Waals surface area contributed by atoms with Crippen molar-refractivity contribution in [1.82, 2.24) is 0 Å². The van der Waals surface area contributed by atoms with Crippen LogP contribution in [0.2, 0.25) is 0 Å². The molecule has 0 atom stereocenters. The highest BCUT2D eigenvalue weighted by Crippen LogP contribution is 2.69. The van der Waals surface area contributed by atoms with Crippen LogP contribution in [0.15, 0.2) is 200 Å². The van der Waals surface area contributed by atoms with Gasteiger partial charge >= 0.3 is 0 Å². The van der Waals surface area contributed by atoms with Crippen molar-refractivity contribution in [3.05, 3.63) is 211 Å². The second-order valence-corrected chi connectivity index (χ2v) is 18.5. The van der Waals surface area contributed by atoms with Crippen LogP contribution in [0.1, 0.15) is 43.2 Å². The van der Waals surface area contributed by atoms with Gasteiger partial charge in [-0.15, -0.1) is 0 Å². The summed E-state index contributed by atoms with van der Waals surface area (Å²) in [6.07, 6.45) is 7.03. The highest BCUT2D eigenvalue weighted by Gasteiger charge is 2.61. The number of hydrogen-bond acceptors (Lipinski definition) is 1. The number of hydrogen-bond donors (Lipinski definition) is 0. The lowest BCUT2D eigenvalue weighted by Crippen LogP contribution is -2.55. The summed E-state index contributed by atoms with van der Waals surface area (Å²) in [5, 5.41) is 5.15. The number of rotatable bonds is 6. The van der Waals surface area contributed by atoms with Crippen LogP contribution >= 0.6 is 0 Å². The van der Waals surface area contributed by atoms with Crippen molar-refractivity contribution >= 4 is 38.6 Å². The van der Waals surface area contributed by atoms with E-state index in [4.69, 9.17) is 0 Å². The van der Waals surface area contributed by atoms with Crippen molar-refractivity contribution in [3.63, 3.8) is 0 Å². The Hall–Kier alpha value is -6.70. The van der Waals surface area contributed by atoms with Crippen LogP contribution in [-0.2, 0) is 5.41 Å². The summed E-state index contributed by atoms with van der Waals surface area (Å²) < 4.78 is 0. The number of benzene rings is 9. The van der Waals surface area contributed by atoms with Crippen molar-refractivity contribution in [2.45, 2.75) is 37.5 Å². The first kappa shape index (κ1) is 35.1. The number of fused-ring (bicyclic) bond motifs is 6. The first-order chi connectivity index (χ1) is 30.2. The van der Waals surface area contributed by atoms with Crippen LogP contribution in [0.3, 0.4) is 0 Å². The molecular weight excluding hydrogens is 735 g/mol. The van der Waals surface area contributed by atoms with Gasteiger partial charge in [0.05, 0.1) is 5.69 Å². The Morgan fingerprint density at radius 3 is 1.74 bits per heavy atom. The minimum atomic E-state index is 0.140. The minimum absolute atomic E-state index is 0.140. The fourth-order valence-corrected chi connectivity index (χ4v) is 13.2. The molecular formula is C60H47N. The maximum atomic E-state index is 2.56. The summed E-state index contributed by atoms with van der Waals surface area (Å²) in [5.41, 5.74) is 17.1. The summed E-state index contributed by atoms with van der Waals surface area (Å²) >= 11 is 0. The van der Waals surface area contributed by atoms with Gasteiger partial charge in [0.25, 0.3) is 0 Å². The molecule has 14 rings (SSSR count). The Kier molecular flexibility index (Phi) is 7.86. The summed E-state index contributed by atoms with van der Waals surface area (Å²) in [5.74, 6) is 3.32. The van der Waals surface area contributed by atoms with Crippen LogP contribution < -0.4 is 4.90 Å². The zero-order chi connectivity index (χ0) is 40.1. The lowest BCUT2D eigenvalue weighted by atomic mass is 9.43. The topological polar surface area (TPSA) is 3.24 Å². The Labute approximate surface area is 359 Å². The van der Waals surface area contributed by atoms with Crippen LogP contribution in [0.4, 0.5) is 17.1 Å². The Balaban J connectivity index is 1.00. The molecule has 61 heavy (non-hydrogen) atoms. The summed E-state index contributed by atoms with van der Waals surface area (Å²) in [7, 11) is 0. The molecule has 5 aliphatic rings. The maximum absolute atomic E-state index is 2.56. The second kappa shape index (κ2) is 13.7. The standard InChI is InChI=1S/C60H47N/c1-3-12-41(13-4-1)45-25-31-59(55(37-45)42-14-5-2-6-15-42)61(48-26-22-44(23-27-48)51-19-11-20-52-50-17-8-7-16-43(50)24-29-53(51)52)49-28-30-58-56(38-49)54-18-9-10-21-57(54)60(58)46-33-39-32-40(35-46)36-47(60)34-39/h1-31,37-40,46-47H,32-36H2. The van der Waals surface area contributed by atoms with E-state index < -0.39 is 0 Å². The van der Waals surface area contributed by atoms with Crippen LogP contribution in [0, 0.1) is 23.7 Å². The van der Waals surface area contributed by atoms with E-state index in [1.807, 2.05) is 0 Å². The molecule has 0 aromatic heterocycles. The van der Waals surface area contributed by atoms with E-state index in [-0.39, 0.29) is 5.41 Å². The normalized spacial score (nSPS) is 21.8. The van der Waals surface area contributed by atoms with Gasteiger partial charge in [-0.1, -0.05) is 164 Å². The van der Waals surface area contributed by atoms with Crippen molar-refractivity contribution in [2.24, 2.45) is 23.7 Å². The van der Waals surface area contributed by atoms with Crippen LogP contribution in [0.5, 0.6) is 0 Å². The number of nitrogens with zero attached hydrogens (tertiary/aromatic N) is 1. The van der Waals surface area contributed by atoms with Crippen molar-refractivity contribution in [3.8, 4) is 44.5 Å². The van der Waals surface area contributed by atoms with Gasteiger partial charge in [-0.25, -0.2) is 0 Å². The molecule has 9 aromatic rings. The van der Waals surface area contributed by atoms with Crippen molar-refractivity contribution in [1.29, 1.82) is 0 Å². The maximum Gasteiger partial charge on any atom is 0.0540 e. The third kappa shape index (κ3) is 5.33. The van der Waals surface area contributed by atoms with E-state index in [1.165, 1.54) is 110 Å². The Bertz CT molecular complexity index is 3110. The van der Waals surface area contributed by atoms with E-state index in [2.05, 4.69) is 205 Å². The van der Waals surface area contributed by atoms with E-state index in [0.29, 0.717) is 0 Å². The van der Waals surface area contributed by atoms with Crippen LogP contribution in [0.25, 0.3) is 66.1 Å². The molecule has 0 aliphatic heterocycles. The molecule has 5 aliphatic carbocycles. The van der Waals surface area contributed by atoms with E-state index in [0.717, 1.165) is 29.4 Å². The van der Waals surface area contributed by atoms with Gasteiger partial charge in [0, 0.05) is 22.4 Å². The van der Waals surface area contributed by atoms with Gasteiger partial charge in [-0.05, 0) is 164 Å².